The van der Waals surface area contributed by atoms with Crippen LogP contribution in [0.2, 0.25) is 0 Å². The van der Waals surface area contributed by atoms with Gasteiger partial charge in [-0.2, -0.15) is 0 Å². The first-order valence-electron chi connectivity index (χ1n) is 10.6. The van der Waals surface area contributed by atoms with E-state index in [0.29, 0.717) is 30.5 Å². The Labute approximate surface area is 178 Å². The fraction of sp³-hybridized carbons (Fsp3) is 0.440. The van der Waals surface area contributed by atoms with Crippen molar-refractivity contribution < 1.29 is 23.7 Å². The summed E-state index contributed by atoms with van der Waals surface area (Å²) in [5.41, 5.74) is 0. The minimum absolute atomic E-state index is 0.594. The van der Waals surface area contributed by atoms with E-state index in [4.69, 9.17) is 23.7 Å². The van der Waals surface area contributed by atoms with Crippen LogP contribution >= 0.6 is 0 Å². The van der Waals surface area contributed by atoms with Crippen molar-refractivity contribution in [2.45, 2.75) is 39.5 Å². The van der Waals surface area contributed by atoms with Crippen LogP contribution in [0, 0.1) is 0 Å². The van der Waals surface area contributed by atoms with Crippen LogP contribution in [0.3, 0.4) is 0 Å². The summed E-state index contributed by atoms with van der Waals surface area (Å²) < 4.78 is 29.9. The van der Waals surface area contributed by atoms with Crippen molar-refractivity contribution in [1.29, 1.82) is 0 Å². The quantitative estimate of drug-likeness (QED) is 0.270. The van der Waals surface area contributed by atoms with Gasteiger partial charge in [0.15, 0.2) is 11.5 Å². The number of hydrogen-bond donors (Lipinski definition) is 0. The van der Waals surface area contributed by atoms with Gasteiger partial charge in [-0.3, -0.25) is 0 Å². The number of methoxy groups -OCH3 is 3. The van der Waals surface area contributed by atoms with Crippen LogP contribution in [0.5, 0.6) is 28.7 Å². The van der Waals surface area contributed by atoms with Crippen LogP contribution in [0.25, 0.3) is 21.5 Å². The molecule has 0 bridgehead atoms. The van der Waals surface area contributed by atoms with E-state index in [1.54, 1.807) is 21.3 Å². The van der Waals surface area contributed by atoms with Crippen LogP contribution in [-0.4, -0.2) is 34.5 Å². The standard InChI is InChI=1S/C25H32O5/c1-6-8-14-29-23-17-12-10-11-13-18(17)24(30-15-9-7-2)22-21(23)19(26-3)16-20(27-4)25(22)28-5/h10-13,16H,6-9,14-15H2,1-5H3. The second-order valence-electron chi connectivity index (χ2n) is 7.17. The molecule has 0 heterocycles. The molecule has 3 aromatic rings. The molecule has 5 nitrogen and oxygen atoms in total. The van der Waals surface area contributed by atoms with Crippen molar-refractivity contribution in [2.75, 3.05) is 34.5 Å². The molecule has 0 unspecified atom stereocenters. The minimum atomic E-state index is 0.594. The molecule has 0 amide bonds. The molecule has 0 aliphatic heterocycles. The molecule has 0 N–H and O–H groups in total. The summed E-state index contributed by atoms with van der Waals surface area (Å²) >= 11 is 0. The Morgan fingerprint density at radius 1 is 0.633 bits per heavy atom. The highest BCUT2D eigenvalue weighted by Gasteiger charge is 2.25. The van der Waals surface area contributed by atoms with Crippen LogP contribution in [0.4, 0.5) is 0 Å². The summed E-state index contributed by atoms with van der Waals surface area (Å²) in [5.74, 6) is 3.43. The first-order chi connectivity index (χ1) is 14.7. The zero-order valence-electron chi connectivity index (χ0n) is 18.7. The lowest BCUT2D eigenvalue weighted by molar-refractivity contribution is 0.307. The van der Waals surface area contributed by atoms with Gasteiger partial charge in [0.25, 0.3) is 0 Å². The van der Waals surface area contributed by atoms with Gasteiger partial charge in [0.2, 0.25) is 0 Å². The van der Waals surface area contributed by atoms with E-state index in [1.807, 2.05) is 18.2 Å². The largest absolute Gasteiger partial charge is 0.496 e. The van der Waals surface area contributed by atoms with Crippen LogP contribution in [-0.2, 0) is 0 Å². The van der Waals surface area contributed by atoms with Gasteiger partial charge >= 0.3 is 0 Å². The summed E-state index contributed by atoms with van der Waals surface area (Å²) in [6.07, 6.45) is 4.05. The summed E-state index contributed by atoms with van der Waals surface area (Å²) in [5, 5.41) is 3.64. The molecule has 3 aromatic carbocycles. The molecule has 30 heavy (non-hydrogen) atoms. The van der Waals surface area contributed by atoms with E-state index in [2.05, 4.69) is 26.0 Å². The number of ether oxygens (including phenoxy) is 5. The van der Waals surface area contributed by atoms with Crippen LogP contribution in [0.15, 0.2) is 30.3 Å². The fourth-order valence-electron chi connectivity index (χ4n) is 3.66. The predicted molar refractivity (Wildman–Crippen MR) is 122 cm³/mol. The molecule has 5 heteroatoms. The molecule has 0 saturated carbocycles. The number of unbranched alkanes of at least 4 members (excludes halogenated alkanes) is 2. The third kappa shape index (κ3) is 4.07. The molecule has 0 aliphatic carbocycles. The van der Waals surface area contributed by atoms with Gasteiger partial charge in [-0.1, -0.05) is 51.0 Å². The minimum Gasteiger partial charge on any atom is -0.496 e. The predicted octanol–water partition coefficient (Wildman–Crippen LogP) is 6.38. The Hall–Kier alpha value is -2.82. The second-order valence-corrected chi connectivity index (χ2v) is 7.17. The topological polar surface area (TPSA) is 46.2 Å². The van der Waals surface area contributed by atoms with Gasteiger partial charge < -0.3 is 23.7 Å². The van der Waals surface area contributed by atoms with Crippen molar-refractivity contribution in [1.82, 2.24) is 0 Å². The average molecular weight is 413 g/mol. The highest BCUT2D eigenvalue weighted by molar-refractivity contribution is 6.16. The van der Waals surface area contributed by atoms with Crippen molar-refractivity contribution in [2.24, 2.45) is 0 Å². The van der Waals surface area contributed by atoms with E-state index < -0.39 is 0 Å². The summed E-state index contributed by atoms with van der Waals surface area (Å²) in [6, 6.07) is 10.0. The molecular weight excluding hydrogens is 380 g/mol. The summed E-state index contributed by atoms with van der Waals surface area (Å²) in [7, 11) is 4.93. The highest BCUT2D eigenvalue weighted by Crippen LogP contribution is 2.53. The van der Waals surface area contributed by atoms with Crippen molar-refractivity contribution in [3.63, 3.8) is 0 Å². The molecule has 0 fully saturated rings. The number of rotatable bonds is 11. The normalized spacial score (nSPS) is 11.0. The molecule has 0 atom stereocenters. The maximum absolute atomic E-state index is 6.35. The van der Waals surface area contributed by atoms with Gasteiger partial charge in [-0.15, -0.1) is 0 Å². The molecular formula is C25H32O5. The average Bonchev–Trinajstić information content (AvgIpc) is 2.79. The smallest absolute Gasteiger partial charge is 0.172 e. The van der Waals surface area contributed by atoms with Gasteiger partial charge in [-0.05, 0) is 12.8 Å². The van der Waals surface area contributed by atoms with Gasteiger partial charge in [0.05, 0.1) is 45.3 Å². The molecule has 0 saturated heterocycles. The maximum atomic E-state index is 6.35. The molecule has 0 radical (unpaired) electrons. The molecule has 0 aromatic heterocycles. The Morgan fingerprint density at radius 3 is 1.63 bits per heavy atom. The van der Waals surface area contributed by atoms with Gasteiger partial charge in [-0.25, -0.2) is 0 Å². The summed E-state index contributed by atoms with van der Waals surface area (Å²) in [4.78, 5) is 0. The maximum Gasteiger partial charge on any atom is 0.172 e. The lowest BCUT2D eigenvalue weighted by Crippen LogP contribution is -2.04. The highest BCUT2D eigenvalue weighted by atomic mass is 16.5. The van der Waals surface area contributed by atoms with E-state index in [-0.39, 0.29) is 0 Å². The first-order valence-corrected chi connectivity index (χ1v) is 10.6. The number of hydrogen-bond acceptors (Lipinski definition) is 5. The molecule has 162 valence electrons. The number of benzene rings is 3. The molecule has 3 rings (SSSR count). The van der Waals surface area contributed by atoms with E-state index in [0.717, 1.165) is 58.7 Å². The third-order valence-corrected chi connectivity index (χ3v) is 5.21. The van der Waals surface area contributed by atoms with E-state index >= 15 is 0 Å². The van der Waals surface area contributed by atoms with E-state index in [1.165, 1.54) is 0 Å². The fourth-order valence-corrected chi connectivity index (χ4v) is 3.66. The second kappa shape index (κ2) is 10.3. The third-order valence-electron chi connectivity index (χ3n) is 5.21. The van der Waals surface area contributed by atoms with Crippen molar-refractivity contribution in [3.05, 3.63) is 30.3 Å². The lowest BCUT2D eigenvalue weighted by atomic mass is 9.98. The zero-order chi connectivity index (χ0) is 21.5. The number of fused-ring (bicyclic) bond motifs is 2. The zero-order valence-corrected chi connectivity index (χ0v) is 18.7. The summed E-state index contributed by atoms with van der Waals surface area (Å²) in [6.45, 7) is 5.55. The van der Waals surface area contributed by atoms with Gasteiger partial charge in [0, 0.05) is 16.8 Å². The monoisotopic (exact) mass is 412 g/mol. The van der Waals surface area contributed by atoms with E-state index in [9.17, 15) is 0 Å². The molecule has 0 aliphatic rings. The van der Waals surface area contributed by atoms with Crippen LogP contribution < -0.4 is 23.7 Å². The van der Waals surface area contributed by atoms with Crippen LogP contribution in [0.1, 0.15) is 39.5 Å². The first kappa shape index (κ1) is 21.9. The lowest BCUT2D eigenvalue weighted by Gasteiger charge is -2.22. The Bertz CT molecular complexity index is 996. The molecule has 0 spiro atoms. The van der Waals surface area contributed by atoms with Gasteiger partial charge in [0.1, 0.15) is 17.2 Å². The Morgan fingerprint density at radius 2 is 1.17 bits per heavy atom. The van der Waals surface area contributed by atoms with Crippen molar-refractivity contribution >= 4 is 21.5 Å². The van der Waals surface area contributed by atoms with Crippen molar-refractivity contribution in [3.8, 4) is 28.7 Å². The Kier molecular flexibility index (Phi) is 7.50. The SMILES string of the molecule is CCCCOc1c2ccccc2c(OCCCC)c2c(OC)c(OC)cc(OC)c12. The Balaban J connectivity index is 2.44.